The van der Waals surface area contributed by atoms with Crippen LogP contribution in [0.1, 0.15) is 16.7 Å². The molecule has 0 unspecified atom stereocenters. The molecular formula is C18H17ClN2O. The summed E-state index contributed by atoms with van der Waals surface area (Å²) in [6, 6.07) is 13.8. The highest BCUT2D eigenvalue weighted by atomic mass is 35.5. The minimum atomic E-state index is 0.163. The topological polar surface area (TPSA) is 48.4 Å². The van der Waals surface area contributed by atoms with Crippen molar-refractivity contribution in [3.05, 3.63) is 64.2 Å². The van der Waals surface area contributed by atoms with Crippen molar-refractivity contribution in [3.8, 4) is 5.88 Å². The number of nitrogens with one attached hydrogen (secondary N) is 1. The molecule has 0 fully saturated rings. The van der Waals surface area contributed by atoms with E-state index in [0.29, 0.717) is 6.54 Å². The van der Waals surface area contributed by atoms with E-state index in [1.807, 2.05) is 49.4 Å². The van der Waals surface area contributed by atoms with Crippen LogP contribution < -0.4 is 0 Å². The maximum absolute atomic E-state index is 10.0. The standard InChI is InChI=1S/C18H17ClN2O/c1-12-2-7-17-15(10-12)16(18(22)21-17)11-20-9-8-13-3-5-14(19)6-4-13/h2-7,10-11,21-22H,8-9H2,1H3. The third kappa shape index (κ3) is 3.15. The second kappa shape index (κ2) is 6.24. The molecule has 3 rings (SSSR count). The molecule has 0 radical (unpaired) electrons. The molecule has 0 amide bonds. The highest BCUT2D eigenvalue weighted by Crippen LogP contribution is 2.26. The minimum absolute atomic E-state index is 0.163. The molecule has 1 aromatic heterocycles. The number of rotatable bonds is 4. The maximum atomic E-state index is 10.0. The van der Waals surface area contributed by atoms with Crippen LogP contribution in [0.3, 0.4) is 0 Å². The fourth-order valence-corrected chi connectivity index (χ4v) is 2.57. The highest BCUT2D eigenvalue weighted by molar-refractivity contribution is 6.30. The quantitative estimate of drug-likeness (QED) is 0.685. The molecule has 0 saturated carbocycles. The predicted octanol–water partition coefficient (Wildman–Crippen LogP) is 4.50. The van der Waals surface area contributed by atoms with Gasteiger partial charge in [-0.05, 0) is 43.2 Å². The number of hydrogen-bond donors (Lipinski definition) is 2. The number of fused-ring (bicyclic) bond motifs is 1. The number of halogens is 1. The monoisotopic (exact) mass is 312 g/mol. The number of nitrogens with zero attached hydrogens (tertiary/aromatic N) is 1. The summed E-state index contributed by atoms with van der Waals surface area (Å²) < 4.78 is 0. The SMILES string of the molecule is Cc1ccc2[nH]c(O)c(C=NCCc3ccc(Cl)cc3)c2c1. The summed E-state index contributed by atoms with van der Waals surface area (Å²) >= 11 is 5.87. The number of hydrogen-bond acceptors (Lipinski definition) is 2. The summed E-state index contributed by atoms with van der Waals surface area (Å²) in [7, 11) is 0. The number of aromatic hydroxyl groups is 1. The van der Waals surface area contributed by atoms with Crippen LogP contribution in [0.5, 0.6) is 5.88 Å². The van der Waals surface area contributed by atoms with E-state index in [9.17, 15) is 5.11 Å². The van der Waals surface area contributed by atoms with E-state index >= 15 is 0 Å². The van der Waals surface area contributed by atoms with E-state index in [1.165, 1.54) is 5.56 Å². The Kier molecular flexibility index (Phi) is 4.16. The van der Waals surface area contributed by atoms with E-state index in [0.717, 1.165) is 33.5 Å². The van der Waals surface area contributed by atoms with Gasteiger partial charge < -0.3 is 10.1 Å². The van der Waals surface area contributed by atoms with Crippen molar-refractivity contribution in [2.24, 2.45) is 4.99 Å². The van der Waals surface area contributed by atoms with Crippen molar-refractivity contribution in [1.82, 2.24) is 4.98 Å². The summed E-state index contributed by atoms with van der Waals surface area (Å²) in [4.78, 5) is 7.40. The van der Waals surface area contributed by atoms with Gasteiger partial charge in [-0.2, -0.15) is 0 Å². The van der Waals surface area contributed by atoms with Crippen LogP contribution in [-0.2, 0) is 6.42 Å². The molecule has 3 aromatic rings. The van der Waals surface area contributed by atoms with Crippen LogP contribution in [0.15, 0.2) is 47.5 Å². The molecule has 0 atom stereocenters. The molecule has 112 valence electrons. The maximum Gasteiger partial charge on any atom is 0.198 e. The second-order valence-corrected chi connectivity index (χ2v) is 5.78. The van der Waals surface area contributed by atoms with Crippen molar-refractivity contribution in [2.75, 3.05) is 6.54 Å². The predicted molar refractivity (Wildman–Crippen MR) is 92.3 cm³/mol. The first-order valence-electron chi connectivity index (χ1n) is 7.19. The van der Waals surface area contributed by atoms with Crippen molar-refractivity contribution in [2.45, 2.75) is 13.3 Å². The Balaban J connectivity index is 1.74. The van der Waals surface area contributed by atoms with Crippen molar-refractivity contribution < 1.29 is 5.11 Å². The molecular weight excluding hydrogens is 296 g/mol. The Morgan fingerprint density at radius 3 is 2.73 bits per heavy atom. The summed E-state index contributed by atoms with van der Waals surface area (Å²) in [5, 5.41) is 11.7. The van der Waals surface area contributed by atoms with E-state index in [-0.39, 0.29) is 5.88 Å². The molecule has 22 heavy (non-hydrogen) atoms. The largest absolute Gasteiger partial charge is 0.494 e. The molecule has 0 aliphatic rings. The average Bonchev–Trinajstić information content (AvgIpc) is 2.81. The fourth-order valence-electron chi connectivity index (χ4n) is 2.44. The first kappa shape index (κ1) is 14.7. The fraction of sp³-hybridized carbons (Fsp3) is 0.167. The summed E-state index contributed by atoms with van der Waals surface area (Å²) in [5.74, 6) is 0.163. The Morgan fingerprint density at radius 1 is 1.18 bits per heavy atom. The van der Waals surface area contributed by atoms with Gasteiger partial charge in [0, 0.05) is 28.7 Å². The van der Waals surface area contributed by atoms with Crippen LogP contribution in [0.4, 0.5) is 0 Å². The molecule has 0 aliphatic carbocycles. The zero-order valence-corrected chi connectivity index (χ0v) is 13.1. The molecule has 0 spiro atoms. The zero-order chi connectivity index (χ0) is 15.5. The number of aromatic nitrogens is 1. The zero-order valence-electron chi connectivity index (χ0n) is 12.3. The van der Waals surface area contributed by atoms with Gasteiger partial charge in [-0.25, -0.2) is 0 Å². The number of aromatic amines is 1. The smallest absolute Gasteiger partial charge is 0.198 e. The van der Waals surface area contributed by atoms with Crippen LogP contribution in [-0.4, -0.2) is 22.8 Å². The minimum Gasteiger partial charge on any atom is -0.494 e. The second-order valence-electron chi connectivity index (χ2n) is 5.35. The van der Waals surface area contributed by atoms with E-state index in [4.69, 9.17) is 11.6 Å². The summed E-state index contributed by atoms with van der Waals surface area (Å²) in [6.07, 6.45) is 2.58. The van der Waals surface area contributed by atoms with Crippen molar-refractivity contribution >= 4 is 28.7 Å². The van der Waals surface area contributed by atoms with Crippen LogP contribution in [0.25, 0.3) is 10.9 Å². The Bertz CT molecular complexity index is 819. The van der Waals surface area contributed by atoms with Crippen LogP contribution >= 0.6 is 11.6 Å². The third-order valence-electron chi connectivity index (χ3n) is 3.64. The van der Waals surface area contributed by atoms with Gasteiger partial charge in [-0.15, -0.1) is 0 Å². The molecule has 1 heterocycles. The molecule has 0 aliphatic heterocycles. The highest BCUT2D eigenvalue weighted by Gasteiger charge is 2.08. The van der Waals surface area contributed by atoms with Gasteiger partial charge in [-0.1, -0.05) is 35.4 Å². The van der Waals surface area contributed by atoms with Gasteiger partial charge in [0.05, 0.1) is 5.56 Å². The van der Waals surface area contributed by atoms with Crippen molar-refractivity contribution in [3.63, 3.8) is 0 Å². The molecule has 0 bridgehead atoms. The Hall–Kier alpha value is -2.26. The molecule has 0 saturated heterocycles. The number of aliphatic imine (C=N–C) groups is 1. The molecule has 4 heteroatoms. The lowest BCUT2D eigenvalue weighted by atomic mass is 10.1. The summed E-state index contributed by atoms with van der Waals surface area (Å²) in [6.45, 7) is 2.70. The van der Waals surface area contributed by atoms with Crippen LogP contribution in [0, 0.1) is 6.92 Å². The Labute approximate surface area is 134 Å². The van der Waals surface area contributed by atoms with Gasteiger partial charge in [0.15, 0.2) is 5.88 Å². The normalized spacial score (nSPS) is 11.5. The first-order valence-corrected chi connectivity index (χ1v) is 7.57. The Morgan fingerprint density at radius 2 is 1.95 bits per heavy atom. The molecule has 3 nitrogen and oxygen atoms in total. The first-order chi connectivity index (χ1) is 10.6. The lowest BCUT2D eigenvalue weighted by Gasteiger charge is -1.98. The van der Waals surface area contributed by atoms with E-state index in [1.54, 1.807) is 6.21 Å². The molecule has 2 N–H and O–H groups in total. The van der Waals surface area contributed by atoms with Gasteiger partial charge in [0.2, 0.25) is 0 Å². The molecule has 2 aromatic carbocycles. The van der Waals surface area contributed by atoms with Crippen molar-refractivity contribution in [1.29, 1.82) is 0 Å². The van der Waals surface area contributed by atoms with Gasteiger partial charge >= 0.3 is 0 Å². The number of H-pyrrole nitrogens is 1. The van der Waals surface area contributed by atoms with Crippen LogP contribution in [0.2, 0.25) is 5.02 Å². The van der Waals surface area contributed by atoms with Gasteiger partial charge in [0.1, 0.15) is 0 Å². The van der Waals surface area contributed by atoms with Gasteiger partial charge in [-0.3, -0.25) is 4.99 Å². The van der Waals surface area contributed by atoms with Gasteiger partial charge in [0.25, 0.3) is 0 Å². The lowest BCUT2D eigenvalue weighted by molar-refractivity contribution is 0.457. The van der Waals surface area contributed by atoms with E-state index in [2.05, 4.69) is 9.98 Å². The summed E-state index contributed by atoms with van der Waals surface area (Å²) in [5.41, 5.74) is 4.01. The average molecular weight is 313 g/mol. The van der Waals surface area contributed by atoms with E-state index < -0.39 is 0 Å². The number of benzene rings is 2. The third-order valence-corrected chi connectivity index (χ3v) is 3.89. The number of aryl methyl sites for hydroxylation is 1. The lowest BCUT2D eigenvalue weighted by Crippen LogP contribution is -1.90.